The predicted molar refractivity (Wildman–Crippen MR) is 150 cm³/mol. The summed E-state index contributed by atoms with van der Waals surface area (Å²) in [5.41, 5.74) is 3.82. The Morgan fingerprint density at radius 2 is 1.54 bits per heavy atom. The molecule has 0 amide bonds. The van der Waals surface area contributed by atoms with Crippen LogP contribution in [0.3, 0.4) is 0 Å². The first-order valence-corrected chi connectivity index (χ1v) is 13.1. The Bertz CT molecular complexity index is 1990. The Labute approximate surface area is 217 Å². The fourth-order valence-electron chi connectivity index (χ4n) is 5.82. The first-order valence-electron chi connectivity index (χ1n) is 12.3. The third kappa shape index (κ3) is 3.41. The van der Waals surface area contributed by atoms with Crippen molar-refractivity contribution >= 4 is 53.1 Å². The molecule has 3 heterocycles. The van der Waals surface area contributed by atoms with Crippen molar-refractivity contribution in [3.8, 4) is 23.3 Å². The molecule has 0 bridgehead atoms. The molecule has 4 aromatic carbocycles. The molecule has 6 aromatic rings. The van der Waals surface area contributed by atoms with Crippen LogP contribution in [0.15, 0.2) is 91.3 Å². The molecule has 0 fully saturated rings. The number of aromatic nitrogens is 1. The quantitative estimate of drug-likeness (QED) is 0.290. The van der Waals surface area contributed by atoms with Crippen LogP contribution in [0, 0.1) is 22.7 Å². The van der Waals surface area contributed by atoms with E-state index in [-0.39, 0.29) is 12.0 Å². The summed E-state index contributed by atoms with van der Waals surface area (Å²) in [6.07, 6.45) is 6.80. The Balaban J connectivity index is 1.57. The summed E-state index contributed by atoms with van der Waals surface area (Å²) in [6, 6.07) is 30.3. The lowest BCUT2D eigenvalue weighted by Gasteiger charge is -2.20. The van der Waals surface area contributed by atoms with E-state index in [9.17, 15) is 10.5 Å². The van der Waals surface area contributed by atoms with E-state index in [1.165, 1.54) is 47.3 Å². The number of hydrogen-bond acceptors (Lipinski definition) is 4. The van der Waals surface area contributed by atoms with Gasteiger partial charge in [0.15, 0.2) is 6.04 Å². The maximum atomic E-state index is 9.55. The smallest absolute Gasteiger partial charge is 0.178 e. The van der Waals surface area contributed by atoms with E-state index in [0.717, 1.165) is 17.5 Å². The summed E-state index contributed by atoms with van der Waals surface area (Å²) < 4.78 is 2.48. The molecule has 5 heteroatoms. The normalized spacial score (nSPS) is 17.4. The standard InChI is InChI=1S/C32H20N4S/c33-17-21-13-19(9-11-35-21)27-15-29-31(25-7-3-1-5-23(25)27)32-26-8-4-2-6-24(26)28(16-30(32)37-29)20-10-12-36-22(14-20)18-34/h1-13,15-16,20,22,36H,14H2/p+1. The number of nitriles is 2. The second kappa shape index (κ2) is 8.54. The van der Waals surface area contributed by atoms with Crippen LogP contribution < -0.4 is 5.32 Å². The number of quaternary nitrogens is 1. The highest BCUT2D eigenvalue weighted by molar-refractivity contribution is 7.26. The van der Waals surface area contributed by atoms with Crippen molar-refractivity contribution in [3.05, 3.63) is 103 Å². The van der Waals surface area contributed by atoms with Gasteiger partial charge in [-0.05, 0) is 68.6 Å². The fourth-order valence-corrected chi connectivity index (χ4v) is 7.04. The number of allylic oxidation sites excluding steroid dienone is 1. The van der Waals surface area contributed by atoms with Crippen LogP contribution in [-0.4, -0.2) is 11.0 Å². The number of fused-ring (bicyclic) bond motifs is 7. The molecule has 4 nitrogen and oxygen atoms in total. The van der Waals surface area contributed by atoms with Gasteiger partial charge in [-0.25, -0.2) is 4.98 Å². The molecular formula is C32H21N4S+. The minimum Gasteiger partial charge on any atom is -0.306 e. The zero-order valence-electron chi connectivity index (χ0n) is 19.8. The molecule has 0 saturated heterocycles. The summed E-state index contributed by atoms with van der Waals surface area (Å²) in [4.78, 5) is 4.17. The van der Waals surface area contributed by atoms with Gasteiger partial charge in [0.1, 0.15) is 17.8 Å². The molecule has 2 aromatic heterocycles. The summed E-state index contributed by atoms with van der Waals surface area (Å²) in [5, 5.41) is 28.4. The van der Waals surface area contributed by atoms with Gasteiger partial charge in [0, 0.05) is 38.7 Å². The van der Waals surface area contributed by atoms with E-state index in [2.05, 4.69) is 90.1 Å². The van der Waals surface area contributed by atoms with E-state index in [1.54, 1.807) is 6.20 Å². The molecule has 0 radical (unpaired) electrons. The number of rotatable bonds is 2. The van der Waals surface area contributed by atoms with Crippen LogP contribution in [0.25, 0.3) is 52.8 Å². The lowest BCUT2D eigenvalue weighted by Crippen LogP contribution is -2.85. The topological polar surface area (TPSA) is 77.1 Å². The van der Waals surface area contributed by atoms with Gasteiger partial charge in [0.25, 0.3) is 0 Å². The van der Waals surface area contributed by atoms with E-state index in [4.69, 9.17) is 0 Å². The van der Waals surface area contributed by atoms with Gasteiger partial charge in [-0.3, -0.25) is 0 Å². The van der Waals surface area contributed by atoms with Crippen LogP contribution in [-0.2, 0) is 0 Å². The predicted octanol–water partition coefficient (Wildman–Crippen LogP) is 6.75. The largest absolute Gasteiger partial charge is 0.306 e. The average molecular weight is 494 g/mol. The highest BCUT2D eigenvalue weighted by Gasteiger charge is 2.25. The SMILES string of the molecule is N#Cc1cc(-c2cc3sc4cc(C5C=C[NH2+]C(C#N)C5)c5ccccc5c4c3c3ccccc23)ccn1. The van der Waals surface area contributed by atoms with E-state index in [0.29, 0.717) is 5.69 Å². The van der Waals surface area contributed by atoms with Crippen molar-refractivity contribution in [1.29, 1.82) is 10.5 Å². The first-order chi connectivity index (χ1) is 18.2. The number of nitrogens with zero attached hydrogens (tertiary/aromatic N) is 3. The highest BCUT2D eigenvalue weighted by Crippen LogP contribution is 2.47. The fraction of sp³-hybridized carbons (Fsp3) is 0.0938. The average Bonchev–Trinajstić information content (AvgIpc) is 3.35. The number of hydrogen-bond donors (Lipinski definition) is 1. The van der Waals surface area contributed by atoms with E-state index >= 15 is 0 Å². The maximum Gasteiger partial charge on any atom is 0.178 e. The van der Waals surface area contributed by atoms with E-state index < -0.39 is 0 Å². The molecule has 1 aliphatic heterocycles. The zero-order valence-corrected chi connectivity index (χ0v) is 20.7. The Morgan fingerprint density at radius 3 is 2.30 bits per heavy atom. The van der Waals surface area contributed by atoms with Gasteiger partial charge in [-0.1, -0.05) is 48.5 Å². The van der Waals surface area contributed by atoms with Crippen LogP contribution in [0.1, 0.15) is 23.6 Å². The Morgan fingerprint density at radius 1 is 0.838 bits per heavy atom. The minimum absolute atomic E-state index is 0.0583. The molecule has 0 aliphatic carbocycles. The lowest BCUT2D eigenvalue weighted by atomic mass is 9.86. The summed E-state index contributed by atoms with van der Waals surface area (Å²) >= 11 is 1.82. The number of nitrogens with two attached hydrogens (primary N) is 1. The molecule has 2 atom stereocenters. The van der Waals surface area contributed by atoms with Crippen molar-refractivity contribution in [2.24, 2.45) is 0 Å². The second-order valence-electron chi connectivity index (χ2n) is 9.53. The lowest BCUT2D eigenvalue weighted by molar-refractivity contribution is -0.617. The van der Waals surface area contributed by atoms with Gasteiger partial charge in [-0.2, -0.15) is 10.5 Å². The van der Waals surface area contributed by atoms with Gasteiger partial charge in [-0.15, -0.1) is 11.3 Å². The first kappa shape index (κ1) is 21.7. The van der Waals surface area contributed by atoms with Crippen LogP contribution in [0.4, 0.5) is 0 Å². The molecule has 2 unspecified atom stereocenters. The van der Waals surface area contributed by atoms with Gasteiger partial charge >= 0.3 is 0 Å². The number of benzene rings is 4. The number of pyridine rings is 1. The third-order valence-electron chi connectivity index (χ3n) is 7.46. The monoisotopic (exact) mass is 493 g/mol. The Hall–Kier alpha value is -4.55. The van der Waals surface area contributed by atoms with Crippen molar-refractivity contribution in [2.45, 2.75) is 18.4 Å². The van der Waals surface area contributed by atoms with Gasteiger partial charge in [0.05, 0.1) is 6.20 Å². The molecule has 2 N–H and O–H groups in total. The van der Waals surface area contributed by atoms with Crippen molar-refractivity contribution in [3.63, 3.8) is 0 Å². The molecule has 174 valence electrons. The van der Waals surface area contributed by atoms with E-state index in [1.807, 2.05) is 28.8 Å². The van der Waals surface area contributed by atoms with Gasteiger partial charge in [0.2, 0.25) is 0 Å². The van der Waals surface area contributed by atoms with Crippen LogP contribution >= 0.6 is 11.3 Å². The molecule has 0 spiro atoms. The zero-order chi connectivity index (χ0) is 24.9. The van der Waals surface area contributed by atoms with Crippen LogP contribution in [0.2, 0.25) is 0 Å². The summed E-state index contributed by atoms with van der Waals surface area (Å²) in [5.74, 6) is 0.211. The molecule has 7 rings (SSSR count). The van der Waals surface area contributed by atoms with Crippen molar-refractivity contribution < 1.29 is 5.32 Å². The van der Waals surface area contributed by atoms with Crippen molar-refractivity contribution in [1.82, 2.24) is 4.98 Å². The summed E-state index contributed by atoms with van der Waals surface area (Å²) in [7, 11) is 0. The Kier molecular flexibility index (Phi) is 5.01. The molecule has 37 heavy (non-hydrogen) atoms. The second-order valence-corrected chi connectivity index (χ2v) is 10.6. The minimum atomic E-state index is -0.0583. The maximum absolute atomic E-state index is 9.55. The summed E-state index contributed by atoms with van der Waals surface area (Å²) in [6.45, 7) is 0. The van der Waals surface area contributed by atoms with Gasteiger partial charge < -0.3 is 5.32 Å². The number of thiophene rings is 1. The molecule has 1 aliphatic rings. The van der Waals surface area contributed by atoms with Crippen LogP contribution in [0.5, 0.6) is 0 Å². The molecule has 0 saturated carbocycles. The van der Waals surface area contributed by atoms with Crippen molar-refractivity contribution in [2.75, 3.05) is 0 Å². The third-order valence-corrected chi connectivity index (χ3v) is 8.55. The molecular weight excluding hydrogens is 472 g/mol. The highest BCUT2D eigenvalue weighted by atomic mass is 32.1.